The molecule has 0 saturated carbocycles. The Morgan fingerprint density at radius 2 is 1.95 bits per heavy atom. The van der Waals surface area contributed by atoms with E-state index in [1.165, 1.54) is 0 Å². The van der Waals surface area contributed by atoms with Gasteiger partial charge in [0.1, 0.15) is 0 Å². The topological polar surface area (TPSA) is 44.7 Å². The first-order valence-electron chi connectivity index (χ1n) is 8.67. The van der Waals surface area contributed by atoms with Crippen molar-refractivity contribution in [2.24, 2.45) is 0 Å². The normalized spacial score (nSPS) is 16.1. The number of methoxy groups -OCH3 is 1. The molecule has 2 atom stereocenters. The molecule has 0 saturated heterocycles. The van der Waals surface area contributed by atoms with Gasteiger partial charge in [-0.2, -0.15) is 0 Å². The highest BCUT2D eigenvalue weighted by molar-refractivity contribution is 4.86. The van der Waals surface area contributed by atoms with Crippen LogP contribution in [0.2, 0.25) is 0 Å². The molecule has 0 bridgehead atoms. The molecule has 4 nitrogen and oxygen atoms in total. The molecule has 0 spiro atoms. The third kappa shape index (κ3) is 8.15. The lowest BCUT2D eigenvalue weighted by Gasteiger charge is -2.34. The molecule has 0 radical (unpaired) electrons. The van der Waals surface area contributed by atoms with Crippen LogP contribution in [0.1, 0.15) is 59.8 Å². The zero-order chi connectivity index (χ0) is 16.1. The Morgan fingerprint density at radius 1 is 1.24 bits per heavy atom. The molecule has 0 aromatic carbocycles. The molecule has 0 aliphatic carbocycles. The number of rotatable bonds is 14. The number of nitrogens with one attached hydrogen (secondary N) is 1. The van der Waals surface area contributed by atoms with E-state index >= 15 is 0 Å². The van der Waals surface area contributed by atoms with E-state index in [1.54, 1.807) is 7.11 Å². The zero-order valence-electron chi connectivity index (χ0n) is 15.0. The molecular formula is C17H38N2O2. The van der Waals surface area contributed by atoms with Crippen molar-refractivity contribution in [3.05, 3.63) is 0 Å². The maximum absolute atomic E-state index is 9.77. The maximum atomic E-state index is 9.77. The van der Waals surface area contributed by atoms with E-state index in [1.807, 2.05) is 0 Å². The minimum atomic E-state index is -0.0988. The standard InChI is InChI=1S/C17H38N2O2/c1-6-11-18-17(8-3,15-20)10-9-12-19(13-14-21-5)16(4)7-2/h16,18,20H,6-15H2,1-5H3. The molecule has 0 rings (SSSR count). The summed E-state index contributed by atoms with van der Waals surface area (Å²) in [5, 5.41) is 13.3. The average molecular weight is 303 g/mol. The van der Waals surface area contributed by atoms with E-state index in [0.29, 0.717) is 6.04 Å². The summed E-state index contributed by atoms with van der Waals surface area (Å²) in [5.74, 6) is 0. The van der Waals surface area contributed by atoms with Crippen molar-refractivity contribution in [2.75, 3.05) is 40.0 Å². The summed E-state index contributed by atoms with van der Waals surface area (Å²) in [4.78, 5) is 2.50. The highest BCUT2D eigenvalue weighted by atomic mass is 16.5. The quantitative estimate of drug-likeness (QED) is 0.518. The molecule has 0 aliphatic heterocycles. The van der Waals surface area contributed by atoms with Crippen LogP contribution in [0, 0.1) is 0 Å². The van der Waals surface area contributed by atoms with Crippen LogP contribution in [0.5, 0.6) is 0 Å². The van der Waals surface area contributed by atoms with Gasteiger partial charge in [0.25, 0.3) is 0 Å². The Morgan fingerprint density at radius 3 is 2.43 bits per heavy atom. The van der Waals surface area contributed by atoms with Gasteiger partial charge in [-0.05, 0) is 52.1 Å². The van der Waals surface area contributed by atoms with Gasteiger partial charge in [0.05, 0.1) is 13.2 Å². The first-order valence-corrected chi connectivity index (χ1v) is 8.67. The largest absolute Gasteiger partial charge is 0.394 e. The first kappa shape index (κ1) is 20.8. The van der Waals surface area contributed by atoms with E-state index in [0.717, 1.165) is 58.3 Å². The maximum Gasteiger partial charge on any atom is 0.0613 e. The number of nitrogens with zero attached hydrogens (tertiary/aromatic N) is 1. The summed E-state index contributed by atoms with van der Waals surface area (Å²) >= 11 is 0. The molecule has 0 aromatic heterocycles. The molecule has 128 valence electrons. The SMILES string of the molecule is CCCNC(CC)(CO)CCCN(CCOC)C(C)CC. The van der Waals surface area contributed by atoms with Crippen molar-refractivity contribution in [2.45, 2.75) is 71.4 Å². The highest BCUT2D eigenvalue weighted by Gasteiger charge is 2.26. The second-order valence-corrected chi connectivity index (χ2v) is 6.11. The van der Waals surface area contributed by atoms with Crippen molar-refractivity contribution in [1.29, 1.82) is 0 Å². The van der Waals surface area contributed by atoms with Crippen molar-refractivity contribution >= 4 is 0 Å². The van der Waals surface area contributed by atoms with Crippen LogP contribution < -0.4 is 5.32 Å². The predicted molar refractivity (Wildman–Crippen MR) is 90.8 cm³/mol. The summed E-state index contributed by atoms with van der Waals surface area (Å²) in [7, 11) is 1.76. The fraction of sp³-hybridized carbons (Fsp3) is 1.00. The molecule has 0 amide bonds. The lowest BCUT2D eigenvalue weighted by Crippen LogP contribution is -2.49. The molecule has 4 heteroatoms. The third-order valence-electron chi connectivity index (χ3n) is 4.63. The third-order valence-corrected chi connectivity index (χ3v) is 4.63. The van der Waals surface area contributed by atoms with Crippen molar-refractivity contribution in [3.8, 4) is 0 Å². The highest BCUT2D eigenvalue weighted by Crippen LogP contribution is 2.18. The van der Waals surface area contributed by atoms with Crippen molar-refractivity contribution in [3.63, 3.8) is 0 Å². The van der Waals surface area contributed by atoms with Crippen LogP contribution in [0.4, 0.5) is 0 Å². The number of aliphatic hydroxyl groups is 1. The minimum Gasteiger partial charge on any atom is -0.394 e. The monoisotopic (exact) mass is 302 g/mol. The first-order chi connectivity index (χ1) is 10.1. The second kappa shape index (κ2) is 12.4. The number of hydrogen-bond donors (Lipinski definition) is 2. The van der Waals surface area contributed by atoms with Crippen LogP contribution in [0.3, 0.4) is 0 Å². The Labute approximate surface area is 132 Å². The minimum absolute atomic E-state index is 0.0988. The van der Waals surface area contributed by atoms with Gasteiger partial charge in [-0.15, -0.1) is 0 Å². The van der Waals surface area contributed by atoms with E-state index < -0.39 is 0 Å². The van der Waals surface area contributed by atoms with E-state index in [4.69, 9.17) is 4.74 Å². The van der Waals surface area contributed by atoms with Crippen LogP contribution >= 0.6 is 0 Å². The second-order valence-electron chi connectivity index (χ2n) is 6.11. The van der Waals surface area contributed by atoms with Crippen LogP contribution in [0.25, 0.3) is 0 Å². The van der Waals surface area contributed by atoms with Crippen molar-refractivity contribution < 1.29 is 9.84 Å². The molecule has 2 unspecified atom stereocenters. The Kier molecular flexibility index (Phi) is 12.3. The molecule has 0 fully saturated rings. The van der Waals surface area contributed by atoms with Crippen molar-refractivity contribution in [1.82, 2.24) is 10.2 Å². The smallest absolute Gasteiger partial charge is 0.0613 e. The van der Waals surface area contributed by atoms with Gasteiger partial charge < -0.3 is 15.2 Å². The summed E-state index contributed by atoms with van der Waals surface area (Å²) in [6, 6.07) is 0.592. The number of hydrogen-bond acceptors (Lipinski definition) is 4. The Hall–Kier alpha value is -0.160. The van der Waals surface area contributed by atoms with Gasteiger partial charge in [0, 0.05) is 25.2 Å². The van der Waals surface area contributed by atoms with E-state index in [2.05, 4.69) is 37.9 Å². The van der Waals surface area contributed by atoms with E-state index in [-0.39, 0.29) is 12.1 Å². The lowest BCUT2D eigenvalue weighted by molar-refractivity contribution is 0.109. The molecule has 21 heavy (non-hydrogen) atoms. The summed E-state index contributed by atoms with van der Waals surface area (Å²) in [6.45, 7) is 12.9. The van der Waals surface area contributed by atoms with Gasteiger partial charge in [-0.3, -0.25) is 4.90 Å². The van der Waals surface area contributed by atoms with E-state index in [9.17, 15) is 5.11 Å². The van der Waals surface area contributed by atoms with Gasteiger partial charge in [-0.25, -0.2) is 0 Å². The average Bonchev–Trinajstić information content (AvgIpc) is 2.53. The van der Waals surface area contributed by atoms with Crippen LogP contribution in [-0.4, -0.2) is 61.5 Å². The van der Waals surface area contributed by atoms with Gasteiger partial charge in [-0.1, -0.05) is 20.8 Å². The summed E-state index contributed by atoms with van der Waals surface area (Å²) < 4.78 is 5.22. The number of ether oxygens (including phenoxy) is 1. The van der Waals surface area contributed by atoms with Gasteiger partial charge in [0.2, 0.25) is 0 Å². The fourth-order valence-corrected chi connectivity index (χ4v) is 2.67. The molecule has 0 aliphatic rings. The van der Waals surface area contributed by atoms with Crippen LogP contribution in [0.15, 0.2) is 0 Å². The lowest BCUT2D eigenvalue weighted by atomic mass is 9.90. The van der Waals surface area contributed by atoms with Gasteiger partial charge in [0.15, 0.2) is 0 Å². The van der Waals surface area contributed by atoms with Crippen LogP contribution in [-0.2, 0) is 4.74 Å². The molecule has 0 aromatic rings. The fourth-order valence-electron chi connectivity index (χ4n) is 2.67. The van der Waals surface area contributed by atoms with Gasteiger partial charge >= 0.3 is 0 Å². The Bertz CT molecular complexity index is 233. The zero-order valence-corrected chi connectivity index (χ0v) is 15.0. The Balaban J connectivity index is 4.35. The summed E-state index contributed by atoms with van der Waals surface area (Å²) in [6.07, 6.45) is 5.38. The molecule has 2 N–H and O–H groups in total. The molecular weight excluding hydrogens is 264 g/mol. The predicted octanol–water partition coefficient (Wildman–Crippen LogP) is 2.65. The molecule has 0 heterocycles. The number of aliphatic hydroxyl groups excluding tert-OH is 1. The summed E-state index contributed by atoms with van der Waals surface area (Å²) in [5.41, 5.74) is -0.0988.